The average Bonchev–Trinajstić information content (AvgIpc) is 3.50. The lowest BCUT2D eigenvalue weighted by molar-refractivity contribution is 0.0772. The van der Waals surface area contributed by atoms with Crippen molar-refractivity contribution in [3.8, 4) is 0 Å². The fourth-order valence-corrected chi connectivity index (χ4v) is 6.79. The van der Waals surface area contributed by atoms with E-state index in [9.17, 15) is 18.0 Å². The number of likely N-dealkylation sites (tertiary alicyclic amines) is 2. The molecule has 0 aromatic heterocycles. The molecule has 5 rings (SSSR count). The highest BCUT2D eigenvalue weighted by atomic mass is 32.2. The topological polar surface area (TPSA) is 86.8 Å². The number of benzene rings is 3. The van der Waals surface area contributed by atoms with Crippen LogP contribution in [0.5, 0.6) is 0 Å². The minimum absolute atomic E-state index is 0.146. The summed E-state index contributed by atoms with van der Waals surface area (Å²) in [5.41, 5.74) is 4.37. The minimum Gasteiger partial charge on any atom is -0.345 e. The predicted molar refractivity (Wildman–Crippen MR) is 156 cm³/mol. The van der Waals surface area contributed by atoms with E-state index in [-0.39, 0.29) is 22.8 Å². The van der Waals surface area contributed by atoms with Gasteiger partial charge in [-0.25, -0.2) is 8.42 Å². The maximum atomic E-state index is 13.3. The summed E-state index contributed by atoms with van der Waals surface area (Å²) in [5.74, 6) is 0.846. The molecule has 8 heteroatoms. The van der Waals surface area contributed by atoms with Crippen molar-refractivity contribution >= 4 is 21.7 Å². The number of nitrogens with zero attached hydrogens (tertiary/aromatic N) is 2. The molecule has 2 saturated heterocycles. The lowest BCUT2D eigenvalue weighted by Gasteiger charge is -2.25. The molecule has 1 N–H and O–H groups in total. The van der Waals surface area contributed by atoms with Crippen molar-refractivity contribution in [2.75, 3.05) is 39.0 Å². The zero-order valence-corrected chi connectivity index (χ0v) is 24.2. The Morgan fingerprint density at radius 1 is 0.850 bits per heavy atom. The van der Waals surface area contributed by atoms with Gasteiger partial charge in [0.2, 0.25) is 0 Å². The molecule has 0 bridgehead atoms. The molecule has 2 amide bonds. The van der Waals surface area contributed by atoms with Crippen molar-refractivity contribution in [2.24, 2.45) is 11.8 Å². The second-order valence-electron chi connectivity index (χ2n) is 11.3. The van der Waals surface area contributed by atoms with Crippen LogP contribution < -0.4 is 5.32 Å². The van der Waals surface area contributed by atoms with Gasteiger partial charge in [-0.1, -0.05) is 48.5 Å². The number of hydrogen-bond acceptors (Lipinski definition) is 5. The van der Waals surface area contributed by atoms with Gasteiger partial charge in [-0.15, -0.1) is 0 Å². The van der Waals surface area contributed by atoms with Gasteiger partial charge in [0.25, 0.3) is 11.8 Å². The number of aryl methyl sites for hydroxylation is 2. The van der Waals surface area contributed by atoms with Gasteiger partial charge in [-0.05, 0) is 73.1 Å². The molecule has 2 unspecified atom stereocenters. The van der Waals surface area contributed by atoms with Crippen LogP contribution >= 0.6 is 0 Å². The highest BCUT2D eigenvalue weighted by molar-refractivity contribution is 7.90. The highest BCUT2D eigenvalue weighted by Gasteiger charge is 2.42. The Labute approximate surface area is 237 Å². The van der Waals surface area contributed by atoms with Crippen molar-refractivity contribution in [3.63, 3.8) is 0 Å². The van der Waals surface area contributed by atoms with Crippen LogP contribution in [0.25, 0.3) is 0 Å². The smallest absolute Gasteiger partial charge is 0.254 e. The monoisotopic (exact) mass is 559 g/mol. The number of fused-ring (bicyclic) bond motifs is 1. The molecule has 3 aromatic carbocycles. The largest absolute Gasteiger partial charge is 0.345 e. The van der Waals surface area contributed by atoms with Crippen LogP contribution in [0.2, 0.25) is 0 Å². The number of carbonyl (C=O) groups is 2. The number of rotatable bonds is 8. The summed E-state index contributed by atoms with van der Waals surface area (Å²) in [6, 6.07) is 21.8. The van der Waals surface area contributed by atoms with E-state index < -0.39 is 9.84 Å². The Kier molecular flexibility index (Phi) is 8.10. The predicted octanol–water partition coefficient (Wildman–Crippen LogP) is 4.27. The summed E-state index contributed by atoms with van der Waals surface area (Å²) in [7, 11) is -3.32. The quantitative estimate of drug-likeness (QED) is 0.446. The van der Waals surface area contributed by atoms with Crippen LogP contribution in [0.4, 0.5) is 0 Å². The van der Waals surface area contributed by atoms with Gasteiger partial charge in [0.1, 0.15) is 0 Å². The first-order valence-electron chi connectivity index (χ1n) is 13.8. The molecule has 2 aliphatic heterocycles. The number of nitrogens with one attached hydrogen (secondary N) is 1. The standard InChI is InChI=1S/C32H37N3O4S/c1-22-8-7-9-23(2)30(22)32(37)35-20-26-18-34(19-27(26)21-35)17-16-29(24-10-5-4-6-11-24)33-31(36)25-12-14-28(15-13-25)40(3,38)39/h4-15,26-27,29H,16-21H2,1-3H3,(H,33,36)/t26-,27?,29?/m0/s1. The molecule has 7 nitrogen and oxygen atoms in total. The number of amides is 2. The molecule has 0 aliphatic carbocycles. The van der Waals surface area contributed by atoms with Gasteiger partial charge < -0.3 is 15.1 Å². The maximum Gasteiger partial charge on any atom is 0.254 e. The van der Waals surface area contributed by atoms with E-state index in [1.165, 1.54) is 12.1 Å². The fraction of sp³-hybridized carbons (Fsp3) is 0.375. The molecule has 3 atom stereocenters. The van der Waals surface area contributed by atoms with Crippen molar-refractivity contribution in [1.82, 2.24) is 15.1 Å². The molecule has 2 fully saturated rings. The zero-order valence-electron chi connectivity index (χ0n) is 23.3. The van der Waals surface area contributed by atoms with E-state index in [0.29, 0.717) is 17.4 Å². The molecule has 210 valence electrons. The SMILES string of the molecule is Cc1cccc(C)c1C(=O)N1CC2CN(CCC(NC(=O)c3ccc(S(C)(=O)=O)cc3)c3ccccc3)C[C@H]2C1. The Hall–Kier alpha value is -3.49. The molecular weight excluding hydrogens is 522 g/mol. The lowest BCUT2D eigenvalue weighted by atomic mass is 10.0. The Balaban J connectivity index is 1.20. The number of hydrogen-bond donors (Lipinski definition) is 1. The van der Waals surface area contributed by atoms with Crippen LogP contribution in [0.1, 0.15) is 49.9 Å². The molecule has 0 radical (unpaired) electrons. The summed E-state index contributed by atoms with van der Waals surface area (Å²) < 4.78 is 23.6. The Morgan fingerprint density at radius 2 is 1.45 bits per heavy atom. The first kappa shape index (κ1) is 28.1. The molecule has 3 aromatic rings. The van der Waals surface area contributed by atoms with Gasteiger partial charge in [-0.2, -0.15) is 0 Å². The van der Waals surface area contributed by atoms with Gasteiger partial charge in [-0.3, -0.25) is 9.59 Å². The molecule has 0 spiro atoms. The number of sulfone groups is 1. The third-order valence-electron chi connectivity index (χ3n) is 8.33. The van der Waals surface area contributed by atoms with Crippen LogP contribution in [0.15, 0.2) is 77.7 Å². The van der Waals surface area contributed by atoms with Gasteiger partial charge in [0.05, 0.1) is 10.9 Å². The van der Waals surface area contributed by atoms with E-state index in [1.54, 1.807) is 12.1 Å². The van der Waals surface area contributed by atoms with Gasteiger partial charge >= 0.3 is 0 Å². The summed E-state index contributed by atoms with van der Waals surface area (Å²) in [6.45, 7) is 8.32. The summed E-state index contributed by atoms with van der Waals surface area (Å²) in [4.78, 5) is 31.1. The molecule has 2 aliphatic rings. The number of carbonyl (C=O) groups excluding carboxylic acids is 2. The first-order chi connectivity index (χ1) is 19.1. The van der Waals surface area contributed by atoms with Crippen LogP contribution in [-0.2, 0) is 9.84 Å². The minimum atomic E-state index is -3.32. The first-order valence-corrected chi connectivity index (χ1v) is 15.7. The second-order valence-corrected chi connectivity index (χ2v) is 13.3. The van der Waals surface area contributed by atoms with Crippen LogP contribution in [0, 0.1) is 25.7 Å². The van der Waals surface area contributed by atoms with Crippen LogP contribution in [-0.4, -0.2) is 69.0 Å². The van der Waals surface area contributed by atoms with Crippen molar-refractivity contribution in [1.29, 1.82) is 0 Å². The second kappa shape index (κ2) is 11.6. The van der Waals surface area contributed by atoms with Crippen molar-refractivity contribution < 1.29 is 18.0 Å². The fourth-order valence-electron chi connectivity index (χ4n) is 6.16. The summed E-state index contributed by atoms with van der Waals surface area (Å²) in [5, 5.41) is 3.16. The normalized spacial score (nSPS) is 19.8. The highest BCUT2D eigenvalue weighted by Crippen LogP contribution is 2.33. The van der Waals surface area contributed by atoms with Gasteiger partial charge in [0.15, 0.2) is 9.84 Å². The molecule has 2 heterocycles. The Morgan fingerprint density at radius 3 is 2.02 bits per heavy atom. The van der Waals surface area contributed by atoms with E-state index in [1.807, 2.05) is 67.3 Å². The average molecular weight is 560 g/mol. The maximum absolute atomic E-state index is 13.3. The van der Waals surface area contributed by atoms with E-state index in [2.05, 4.69) is 10.2 Å². The van der Waals surface area contributed by atoms with Crippen LogP contribution in [0.3, 0.4) is 0 Å². The molecule has 40 heavy (non-hydrogen) atoms. The Bertz CT molecular complexity index is 1450. The summed E-state index contributed by atoms with van der Waals surface area (Å²) in [6.07, 6.45) is 1.90. The van der Waals surface area contributed by atoms with E-state index >= 15 is 0 Å². The van der Waals surface area contributed by atoms with E-state index in [4.69, 9.17) is 0 Å². The lowest BCUT2D eigenvalue weighted by Crippen LogP contribution is -2.35. The van der Waals surface area contributed by atoms with Crippen molar-refractivity contribution in [2.45, 2.75) is 31.2 Å². The summed E-state index contributed by atoms with van der Waals surface area (Å²) >= 11 is 0. The third kappa shape index (κ3) is 6.13. The third-order valence-corrected chi connectivity index (χ3v) is 9.46. The van der Waals surface area contributed by atoms with Crippen molar-refractivity contribution in [3.05, 3.63) is 101 Å². The van der Waals surface area contributed by atoms with Gasteiger partial charge in [0, 0.05) is 50.1 Å². The molecular formula is C32H37N3O4S. The molecule has 0 saturated carbocycles. The zero-order chi connectivity index (χ0) is 28.4. The van der Waals surface area contributed by atoms with E-state index in [0.717, 1.165) is 67.7 Å².